The number of ether oxygens (including phenoxy) is 1. The van der Waals surface area contributed by atoms with Crippen LogP contribution in [-0.2, 0) is 20.9 Å². The molecule has 2 saturated heterocycles. The lowest BCUT2D eigenvalue weighted by molar-refractivity contribution is -0.148. The van der Waals surface area contributed by atoms with Gasteiger partial charge >= 0.3 is 5.97 Å². The third kappa shape index (κ3) is 6.49. The number of amides is 1. The van der Waals surface area contributed by atoms with Crippen LogP contribution < -0.4 is 10.5 Å². The van der Waals surface area contributed by atoms with Gasteiger partial charge in [0.25, 0.3) is 11.5 Å². The monoisotopic (exact) mass is 558 g/mol. The first-order chi connectivity index (χ1) is 18.3. The molecule has 2 aliphatic heterocycles. The van der Waals surface area contributed by atoms with Crippen molar-refractivity contribution in [2.45, 2.75) is 79.2 Å². The normalized spacial score (nSPS) is 18.8. The lowest BCUT2D eigenvalue weighted by Gasteiger charge is -2.36. The fourth-order valence-corrected chi connectivity index (χ4v) is 6.26. The highest BCUT2D eigenvalue weighted by molar-refractivity contribution is 8.26. The molecule has 1 amide bonds. The lowest BCUT2D eigenvalue weighted by atomic mass is 9.96. The quantitative estimate of drug-likeness (QED) is 0.162. The molecule has 0 saturated carbocycles. The van der Waals surface area contributed by atoms with Crippen molar-refractivity contribution in [1.29, 1.82) is 5.26 Å². The van der Waals surface area contributed by atoms with E-state index in [1.807, 2.05) is 6.92 Å². The molecule has 1 atom stereocenters. The number of hydrogen-bond acceptors (Lipinski definition) is 8. The summed E-state index contributed by atoms with van der Waals surface area (Å²) in [5, 5.41) is 9.91. The van der Waals surface area contributed by atoms with Crippen LogP contribution in [0.3, 0.4) is 0 Å². The van der Waals surface area contributed by atoms with E-state index in [2.05, 4.69) is 17.9 Å². The van der Waals surface area contributed by atoms with Crippen molar-refractivity contribution in [3.05, 3.63) is 31.9 Å². The Morgan fingerprint density at radius 1 is 1.18 bits per heavy atom. The minimum atomic E-state index is -0.337. The van der Waals surface area contributed by atoms with Crippen LogP contribution in [0.2, 0.25) is 0 Å². The maximum atomic E-state index is 13.5. The van der Waals surface area contributed by atoms with Crippen LogP contribution in [0.4, 0.5) is 5.82 Å². The van der Waals surface area contributed by atoms with Gasteiger partial charge in [0.1, 0.15) is 21.8 Å². The average Bonchev–Trinajstić information content (AvgIpc) is 3.17. The Labute approximate surface area is 235 Å². The number of thiocarbonyl (C=S) groups is 1. The van der Waals surface area contributed by atoms with Crippen molar-refractivity contribution in [3.8, 4) is 6.07 Å². The molecular weight excluding hydrogens is 520 g/mol. The van der Waals surface area contributed by atoms with Gasteiger partial charge in [0, 0.05) is 31.7 Å². The molecule has 2 aliphatic rings. The van der Waals surface area contributed by atoms with E-state index in [4.69, 9.17) is 17.0 Å². The van der Waals surface area contributed by atoms with E-state index < -0.39 is 0 Å². The van der Waals surface area contributed by atoms with Crippen LogP contribution >= 0.6 is 24.0 Å². The standard InChI is InChI=1S/C28H38N4O4S2/c1-5-8-10-15-32-26(34)23(38-28(32)37)16-21-19(4)22(17-29)25(33)31(14-9-6-2)24(21)30-13-11-12-20(18-30)27(35)36-7-3/h16,20H,5-15,18H2,1-4H3. The number of piperidine rings is 1. The van der Waals surface area contributed by atoms with Crippen molar-refractivity contribution < 1.29 is 14.3 Å². The van der Waals surface area contributed by atoms with Gasteiger partial charge in [0.15, 0.2) is 0 Å². The molecule has 0 aliphatic carbocycles. The first-order valence-corrected chi connectivity index (χ1v) is 14.9. The predicted octanol–water partition coefficient (Wildman–Crippen LogP) is 5.00. The van der Waals surface area contributed by atoms with Crippen molar-refractivity contribution in [2.24, 2.45) is 5.92 Å². The van der Waals surface area contributed by atoms with Crippen molar-refractivity contribution in [1.82, 2.24) is 9.47 Å². The van der Waals surface area contributed by atoms with Gasteiger partial charge in [-0.15, -0.1) is 0 Å². The van der Waals surface area contributed by atoms with Gasteiger partial charge in [0.05, 0.1) is 17.4 Å². The molecule has 0 aromatic carbocycles. The van der Waals surface area contributed by atoms with Crippen LogP contribution in [0.25, 0.3) is 6.08 Å². The third-order valence-electron chi connectivity index (χ3n) is 7.06. The minimum absolute atomic E-state index is 0.0773. The van der Waals surface area contributed by atoms with Crippen molar-refractivity contribution in [3.63, 3.8) is 0 Å². The Bertz CT molecular complexity index is 1200. The molecule has 206 valence electrons. The Hall–Kier alpha value is -2.64. The summed E-state index contributed by atoms with van der Waals surface area (Å²) in [7, 11) is 0. The SMILES string of the molecule is CCCCCN1C(=O)C(=Cc2c(C)c(C#N)c(=O)n(CCCC)c2N2CCCC(C(=O)OCC)C2)SC1=S. The Morgan fingerprint density at radius 3 is 2.58 bits per heavy atom. The third-order valence-corrected chi connectivity index (χ3v) is 8.43. The molecule has 1 unspecified atom stereocenters. The summed E-state index contributed by atoms with van der Waals surface area (Å²) in [5.41, 5.74) is 0.940. The molecular formula is C28H38N4O4S2. The first kappa shape index (κ1) is 29.9. The molecule has 3 rings (SSSR count). The van der Waals surface area contributed by atoms with Gasteiger partial charge < -0.3 is 9.64 Å². The molecule has 0 spiro atoms. The van der Waals surface area contributed by atoms with Gasteiger partial charge in [-0.3, -0.25) is 23.9 Å². The highest BCUT2D eigenvalue weighted by Gasteiger charge is 2.34. The Balaban J connectivity index is 2.15. The molecule has 2 fully saturated rings. The Kier molecular flexibility index (Phi) is 11.0. The number of hydrogen-bond donors (Lipinski definition) is 0. The highest BCUT2D eigenvalue weighted by Crippen LogP contribution is 2.37. The molecule has 8 nitrogen and oxygen atoms in total. The molecule has 1 aromatic rings. The summed E-state index contributed by atoms with van der Waals surface area (Å²) in [6.45, 7) is 10.1. The number of nitrogens with zero attached hydrogens (tertiary/aromatic N) is 4. The summed E-state index contributed by atoms with van der Waals surface area (Å²) in [6.07, 6.45) is 7.85. The lowest BCUT2D eigenvalue weighted by Crippen LogP contribution is -2.43. The number of anilines is 1. The van der Waals surface area contributed by atoms with E-state index in [0.29, 0.717) is 59.0 Å². The van der Waals surface area contributed by atoms with Crippen molar-refractivity contribution in [2.75, 3.05) is 31.1 Å². The molecule has 10 heteroatoms. The van der Waals surface area contributed by atoms with Gasteiger partial charge in [0.2, 0.25) is 0 Å². The number of carbonyl (C=O) groups is 2. The van der Waals surface area contributed by atoms with E-state index in [1.54, 1.807) is 29.4 Å². The van der Waals surface area contributed by atoms with E-state index in [1.165, 1.54) is 11.8 Å². The van der Waals surface area contributed by atoms with E-state index in [-0.39, 0.29) is 28.9 Å². The van der Waals surface area contributed by atoms with Crippen LogP contribution in [0.1, 0.15) is 82.4 Å². The van der Waals surface area contributed by atoms with Gasteiger partial charge in [-0.1, -0.05) is 57.1 Å². The number of unbranched alkanes of at least 4 members (excludes halogenated alkanes) is 3. The molecule has 0 N–H and O–H groups in total. The Morgan fingerprint density at radius 2 is 1.92 bits per heavy atom. The summed E-state index contributed by atoms with van der Waals surface area (Å²) < 4.78 is 7.49. The number of aromatic nitrogens is 1. The maximum Gasteiger partial charge on any atom is 0.310 e. The number of esters is 1. The second-order valence-electron chi connectivity index (χ2n) is 9.74. The summed E-state index contributed by atoms with van der Waals surface area (Å²) in [4.78, 5) is 43.7. The minimum Gasteiger partial charge on any atom is -0.466 e. The summed E-state index contributed by atoms with van der Waals surface area (Å²) in [6, 6.07) is 2.10. The molecule has 1 aromatic heterocycles. The number of nitriles is 1. The van der Waals surface area contributed by atoms with E-state index in [0.717, 1.165) is 44.9 Å². The zero-order valence-electron chi connectivity index (χ0n) is 22.9. The van der Waals surface area contributed by atoms with Gasteiger partial charge in [-0.05, 0) is 51.2 Å². The predicted molar refractivity (Wildman–Crippen MR) is 156 cm³/mol. The fourth-order valence-electron chi connectivity index (χ4n) is 4.97. The molecule has 38 heavy (non-hydrogen) atoms. The number of pyridine rings is 1. The zero-order valence-corrected chi connectivity index (χ0v) is 24.5. The second-order valence-corrected chi connectivity index (χ2v) is 11.4. The first-order valence-electron chi connectivity index (χ1n) is 13.6. The van der Waals surface area contributed by atoms with E-state index >= 15 is 0 Å². The van der Waals surface area contributed by atoms with Crippen LogP contribution in [0, 0.1) is 24.2 Å². The highest BCUT2D eigenvalue weighted by atomic mass is 32.2. The topological polar surface area (TPSA) is 95.6 Å². The van der Waals surface area contributed by atoms with Crippen LogP contribution in [-0.4, -0.2) is 51.9 Å². The maximum absolute atomic E-state index is 13.5. The number of carbonyl (C=O) groups excluding carboxylic acids is 2. The summed E-state index contributed by atoms with van der Waals surface area (Å²) >= 11 is 6.79. The van der Waals surface area contributed by atoms with Crippen LogP contribution in [0.5, 0.6) is 0 Å². The van der Waals surface area contributed by atoms with Gasteiger partial charge in [-0.25, -0.2) is 0 Å². The molecule has 3 heterocycles. The largest absolute Gasteiger partial charge is 0.466 e. The molecule has 0 bridgehead atoms. The summed E-state index contributed by atoms with van der Waals surface area (Å²) in [5.74, 6) is -0.0296. The van der Waals surface area contributed by atoms with Crippen LogP contribution in [0.15, 0.2) is 9.70 Å². The zero-order chi connectivity index (χ0) is 27.8. The number of rotatable bonds is 11. The number of thioether (sulfide) groups is 1. The van der Waals surface area contributed by atoms with Crippen molar-refractivity contribution >= 4 is 52.1 Å². The second kappa shape index (κ2) is 13.9. The molecule has 0 radical (unpaired) electrons. The van der Waals surface area contributed by atoms with Gasteiger partial charge in [-0.2, -0.15) is 5.26 Å². The fraction of sp³-hybridized carbons (Fsp3) is 0.607. The smallest absolute Gasteiger partial charge is 0.310 e. The average molecular weight is 559 g/mol. The van der Waals surface area contributed by atoms with E-state index in [9.17, 15) is 19.6 Å².